The Morgan fingerprint density at radius 1 is 1.65 bits per heavy atom. The largest absolute Gasteiger partial charge is 0.368 e. The van der Waals surface area contributed by atoms with E-state index in [2.05, 4.69) is 15.3 Å². The highest BCUT2D eigenvalue weighted by atomic mass is 16.2. The zero-order chi connectivity index (χ0) is 12.4. The van der Waals surface area contributed by atoms with E-state index in [1.165, 1.54) is 0 Å². The Labute approximate surface area is 100 Å². The van der Waals surface area contributed by atoms with Crippen molar-refractivity contribution in [3.8, 4) is 0 Å². The molecule has 1 atom stereocenters. The second-order valence-corrected chi connectivity index (χ2v) is 4.14. The first-order valence-corrected chi connectivity index (χ1v) is 5.77. The third-order valence-corrected chi connectivity index (χ3v) is 2.95. The monoisotopic (exact) mass is 235 g/mol. The Bertz CT molecular complexity index is 434. The Balaban J connectivity index is 2.36. The standard InChI is InChI=1S/C11H17N5O/c1-3-8-10(17)13-4-5-16(8)9-7(2)6-14-11(12)15-9/h6,8H,3-5H2,1-2H3,(H,13,17)(H2,12,14,15). The molecule has 0 spiro atoms. The molecule has 17 heavy (non-hydrogen) atoms. The zero-order valence-corrected chi connectivity index (χ0v) is 10.1. The summed E-state index contributed by atoms with van der Waals surface area (Å²) in [4.78, 5) is 22.0. The van der Waals surface area contributed by atoms with Crippen LogP contribution in [0.1, 0.15) is 18.9 Å². The third-order valence-electron chi connectivity index (χ3n) is 2.95. The summed E-state index contributed by atoms with van der Waals surface area (Å²) in [5.41, 5.74) is 6.54. The van der Waals surface area contributed by atoms with Gasteiger partial charge in [-0.15, -0.1) is 0 Å². The van der Waals surface area contributed by atoms with Crippen LogP contribution in [0.15, 0.2) is 6.20 Å². The molecule has 92 valence electrons. The van der Waals surface area contributed by atoms with Gasteiger partial charge in [0.25, 0.3) is 0 Å². The Kier molecular flexibility index (Phi) is 3.12. The van der Waals surface area contributed by atoms with Crippen molar-refractivity contribution in [2.24, 2.45) is 0 Å². The van der Waals surface area contributed by atoms with Gasteiger partial charge >= 0.3 is 0 Å². The smallest absolute Gasteiger partial charge is 0.242 e. The Morgan fingerprint density at radius 2 is 2.41 bits per heavy atom. The van der Waals surface area contributed by atoms with Crippen LogP contribution in [0.3, 0.4) is 0 Å². The fraction of sp³-hybridized carbons (Fsp3) is 0.545. The molecule has 1 aromatic rings. The average Bonchev–Trinajstić information content (AvgIpc) is 2.32. The average molecular weight is 235 g/mol. The van der Waals surface area contributed by atoms with Crippen LogP contribution in [0.2, 0.25) is 0 Å². The molecule has 1 saturated heterocycles. The van der Waals surface area contributed by atoms with Crippen LogP contribution in [0.4, 0.5) is 11.8 Å². The van der Waals surface area contributed by atoms with Gasteiger partial charge in [0.2, 0.25) is 11.9 Å². The molecule has 1 unspecified atom stereocenters. The van der Waals surface area contributed by atoms with E-state index >= 15 is 0 Å². The van der Waals surface area contributed by atoms with Crippen LogP contribution < -0.4 is 16.0 Å². The maximum absolute atomic E-state index is 11.8. The number of nitrogens with two attached hydrogens (primary N) is 1. The van der Waals surface area contributed by atoms with Gasteiger partial charge in [0.05, 0.1) is 0 Å². The van der Waals surface area contributed by atoms with E-state index in [1.54, 1.807) is 6.20 Å². The highest BCUT2D eigenvalue weighted by molar-refractivity contribution is 5.86. The lowest BCUT2D eigenvalue weighted by molar-refractivity contribution is -0.123. The lowest BCUT2D eigenvalue weighted by Gasteiger charge is -2.36. The lowest BCUT2D eigenvalue weighted by Crippen LogP contribution is -2.55. The predicted molar refractivity (Wildman–Crippen MR) is 65.6 cm³/mol. The number of piperazine rings is 1. The summed E-state index contributed by atoms with van der Waals surface area (Å²) in [6.07, 6.45) is 2.44. The van der Waals surface area contributed by atoms with Crippen molar-refractivity contribution in [1.82, 2.24) is 15.3 Å². The maximum Gasteiger partial charge on any atom is 0.242 e. The van der Waals surface area contributed by atoms with Gasteiger partial charge in [-0.25, -0.2) is 4.98 Å². The SMILES string of the molecule is CCC1C(=O)NCCN1c1nc(N)ncc1C. The number of aryl methyl sites for hydroxylation is 1. The minimum absolute atomic E-state index is 0.0512. The van der Waals surface area contributed by atoms with Crippen molar-refractivity contribution in [2.45, 2.75) is 26.3 Å². The van der Waals surface area contributed by atoms with Gasteiger partial charge < -0.3 is 16.0 Å². The molecule has 1 aliphatic heterocycles. The molecule has 1 fully saturated rings. The normalized spacial score (nSPS) is 20.2. The molecule has 1 amide bonds. The molecule has 0 aromatic carbocycles. The number of nitrogens with one attached hydrogen (secondary N) is 1. The predicted octanol–water partition coefficient (Wildman–Crippen LogP) is 0.0820. The number of aromatic nitrogens is 2. The summed E-state index contributed by atoms with van der Waals surface area (Å²) in [6, 6.07) is -0.170. The number of nitrogen functional groups attached to an aromatic ring is 1. The number of nitrogens with zero attached hydrogens (tertiary/aromatic N) is 3. The van der Waals surface area contributed by atoms with E-state index in [0.29, 0.717) is 6.54 Å². The third kappa shape index (κ3) is 2.15. The molecular formula is C11H17N5O. The van der Waals surface area contributed by atoms with Crippen molar-refractivity contribution in [2.75, 3.05) is 23.7 Å². The van der Waals surface area contributed by atoms with Gasteiger partial charge in [-0.05, 0) is 13.3 Å². The number of hydrogen-bond donors (Lipinski definition) is 2. The van der Waals surface area contributed by atoms with Crippen LogP contribution in [-0.2, 0) is 4.79 Å². The summed E-state index contributed by atoms with van der Waals surface area (Å²) in [6.45, 7) is 5.30. The minimum atomic E-state index is -0.170. The van der Waals surface area contributed by atoms with E-state index in [1.807, 2.05) is 18.7 Å². The topological polar surface area (TPSA) is 84.1 Å². The lowest BCUT2D eigenvalue weighted by atomic mass is 10.1. The number of carbonyl (C=O) groups excluding carboxylic acids is 1. The van der Waals surface area contributed by atoms with E-state index in [0.717, 1.165) is 24.3 Å². The van der Waals surface area contributed by atoms with Crippen molar-refractivity contribution in [3.05, 3.63) is 11.8 Å². The van der Waals surface area contributed by atoms with Crippen molar-refractivity contribution in [3.63, 3.8) is 0 Å². The molecule has 6 nitrogen and oxygen atoms in total. The van der Waals surface area contributed by atoms with Crippen LogP contribution in [0.25, 0.3) is 0 Å². The van der Waals surface area contributed by atoms with Gasteiger partial charge in [0, 0.05) is 24.8 Å². The van der Waals surface area contributed by atoms with Crippen molar-refractivity contribution >= 4 is 17.7 Å². The first-order valence-electron chi connectivity index (χ1n) is 5.77. The fourth-order valence-electron chi connectivity index (χ4n) is 2.11. The summed E-state index contributed by atoms with van der Waals surface area (Å²) in [5, 5.41) is 2.86. The molecule has 1 aliphatic rings. The summed E-state index contributed by atoms with van der Waals surface area (Å²) in [7, 11) is 0. The molecule has 0 aliphatic carbocycles. The summed E-state index contributed by atoms with van der Waals surface area (Å²) < 4.78 is 0. The summed E-state index contributed by atoms with van der Waals surface area (Å²) >= 11 is 0. The van der Waals surface area contributed by atoms with Gasteiger partial charge in [-0.2, -0.15) is 4.98 Å². The van der Waals surface area contributed by atoms with Crippen LogP contribution in [-0.4, -0.2) is 35.0 Å². The molecule has 3 N–H and O–H groups in total. The van der Waals surface area contributed by atoms with Crippen LogP contribution >= 0.6 is 0 Å². The molecular weight excluding hydrogens is 218 g/mol. The summed E-state index contributed by atoms with van der Waals surface area (Å²) in [5.74, 6) is 1.06. The van der Waals surface area contributed by atoms with Gasteiger partial charge in [-0.1, -0.05) is 6.92 Å². The van der Waals surface area contributed by atoms with Crippen LogP contribution in [0, 0.1) is 6.92 Å². The van der Waals surface area contributed by atoms with E-state index in [9.17, 15) is 4.79 Å². The quantitative estimate of drug-likeness (QED) is 0.758. The maximum atomic E-state index is 11.8. The first-order chi connectivity index (χ1) is 8.13. The highest BCUT2D eigenvalue weighted by Gasteiger charge is 2.29. The zero-order valence-electron chi connectivity index (χ0n) is 10.1. The molecule has 0 bridgehead atoms. The second-order valence-electron chi connectivity index (χ2n) is 4.14. The molecule has 2 rings (SSSR count). The minimum Gasteiger partial charge on any atom is -0.368 e. The molecule has 0 radical (unpaired) electrons. The van der Waals surface area contributed by atoms with Gasteiger partial charge in [0.15, 0.2) is 0 Å². The highest BCUT2D eigenvalue weighted by Crippen LogP contribution is 2.22. The molecule has 2 heterocycles. The van der Waals surface area contributed by atoms with E-state index < -0.39 is 0 Å². The molecule has 6 heteroatoms. The van der Waals surface area contributed by atoms with Crippen molar-refractivity contribution < 1.29 is 4.79 Å². The van der Waals surface area contributed by atoms with E-state index in [-0.39, 0.29) is 17.9 Å². The Morgan fingerprint density at radius 3 is 3.12 bits per heavy atom. The van der Waals surface area contributed by atoms with Gasteiger partial charge in [-0.3, -0.25) is 4.79 Å². The number of anilines is 2. The molecule has 1 aromatic heterocycles. The number of carbonyl (C=O) groups is 1. The van der Waals surface area contributed by atoms with Crippen molar-refractivity contribution in [1.29, 1.82) is 0 Å². The Hall–Kier alpha value is -1.85. The first kappa shape index (κ1) is 11.6. The molecule has 0 saturated carbocycles. The van der Waals surface area contributed by atoms with E-state index in [4.69, 9.17) is 5.73 Å². The fourth-order valence-corrected chi connectivity index (χ4v) is 2.11. The van der Waals surface area contributed by atoms with Gasteiger partial charge in [0.1, 0.15) is 11.9 Å². The van der Waals surface area contributed by atoms with Crippen LogP contribution in [0.5, 0.6) is 0 Å². The second kappa shape index (κ2) is 4.57. The number of hydrogen-bond acceptors (Lipinski definition) is 5. The number of amides is 1. The number of rotatable bonds is 2.